The van der Waals surface area contributed by atoms with E-state index >= 15 is 0 Å². The maximum absolute atomic E-state index is 13.6. The zero-order valence-corrected chi connectivity index (χ0v) is 11.5. The normalized spacial score (nSPS) is 14.4. The molecule has 3 nitrogen and oxygen atoms in total. The first-order valence-corrected chi connectivity index (χ1v) is 6.97. The van der Waals surface area contributed by atoms with Gasteiger partial charge in [0.05, 0.1) is 5.02 Å². The molecule has 1 aliphatic carbocycles. The van der Waals surface area contributed by atoms with E-state index < -0.39 is 0 Å². The molecule has 1 aromatic carbocycles. The molecule has 1 aromatic rings. The Hall–Kier alpha value is -1.13. The van der Waals surface area contributed by atoms with Crippen molar-refractivity contribution in [1.82, 2.24) is 10.6 Å². The maximum Gasteiger partial charge on any atom is 0.220 e. The van der Waals surface area contributed by atoms with Crippen LogP contribution in [0.2, 0.25) is 5.02 Å². The van der Waals surface area contributed by atoms with Crippen LogP contribution in [0.4, 0.5) is 4.39 Å². The van der Waals surface area contributed by atoms with E-state index in [-0.39, 0.29) is 16.7 Å². The second-order valence-electron chi connectivity index (χ2n) is 4.84. The molecular weight excluding hydrogens is 267 g/mol. The highest BCUT2D eigenvalue weighted by Gasteiger charge is 2.22. The molecule has 5 heteroatoms. The molecule has 1 saturated carbocycles. The molecule has 0 unspecified atom stereocenters. The number of hydrogen-bond donors (Lipinski definition) is 2. The first kappa shape index (κ1) is 14.3. The second kappa shape index (κ2) is 6.87. The molecule has 0 radical (unpaired) electrons. The van der Waals surface area contributed by atoms with Gasteiger partial charge in [-0.2, -0.15) is 0 Å². The molecule has 0 atom stereocenters. The predicted molar refractivity (Wildman–Crippen MR) is 73.5 cm³/mol. The third-order valence-corrected chi connectivity index (χ3v) is 3.34. The Bertz CT molecular complexity index is 449. The Balaban J connectivity index is 1.60. The van der Waals surface area contributed by atoms with Crippen molar-refractivity contribution in [2.24, 2.45) is 0 Å². The minimum absolute atomic E-state index is 0.109. The van der Waals surface area contributed by atoms with E-state index in [9.17, 15) is 9.18 Å². The van der Waals surface area contributed by atoms with Gasteiger partial charge in [0.25, 0.3) is 0 Å². The molecule has 19 heavy (non-hydrogen) atoms. The third-order valence-electron chi connectivity index (χ3n) is 3.05. The number of halogens is 2. The molecule has 1 fully saturated rings. The van der Waals surface area contributed by atoms with Gasteiger partial charge in [0, 0.05) is 24.6 Å². The summed E-state index contributed by atoms with van der Waals surface area (Å²) in [6, 6.07) is 5.38. The summed E-state index contributed by atoms with van der Waals surface area (Å²) in [5.74, 6) is -0.263. The lowest BCUT2D eigenvalue weighted by atomic mass is 10.2. The number of amides is 1. The van der Waals surface area contributed by atoms with Crippen molar-refractivity contribution in [3.05, 3.63) is 34.6 Å². The minimum atomic E-state index is -0.372. The van der Waals surface area contributed by atoms with Gasteiger partial charge in [-0.25, -0.2) is 4.39 Å². The van der Waals surface area contributed by atoms with E-state index in [0.717, 1.165) is 19.3 Å². The summed E-state index contributed by atoms with van der Waals surface area (Å²) >= 11 is 5.69. The molecule has 0 saturated heterocycles. The van der Waals surface area contributed by atoms with Gasteiger partial charge in [0.1, 0.15) is 5.82 Å². The Morgan fingerprint density at radius 1 is 1.42 bits per heavy atom. The second-order valence-corrected chi connectivity index (χ2v) is 5.24. The Labute approximate surface area is 117 Å². The number of carbonyl (C=O) groups excluding carboxylic acids is 1. The van der Waals surface area contributed by atoms with Gasteiger partial charge in [0.2, 0.25) is 5.91 Å². The fourth-order valence-corrected chi connectivity index (χ4v) is 2.00. The van der Waals surface area contributed by atoms with Gasteiger partial charge in [0.15, 0.2) is 0 Å². The van der Waals surface area contributed by atoms with Crippen molar-refractivity contribution in [1.29, 1.82) is 0 Å². The number of rotatable bonds is 7. The third kappa shape index (κ3) is 4.80. The zero-order valence-electron chi connectivity index (χ0n) is 10.7. The van der Waals surface area contributed by atoms with Gasteiger partial charge >= 0.3 is 0 Å². The lowest BCUT2D eigenvalue weighted by Gasteiger charge is -2.07. The molecule has 2 rings (SSSR count). The summed E-state index contributed by atoms with van der Waals surface area (Å²) in [6.45, 7) is 1.11. The molecular formula is C14H18ClFN2O. The van der Waals surface area contributed by atoms with Gasteiger partial charge in [-0.1, -0.05) is 23.7 Å². The predicted octanol–water partition coefficient (Wildman–Crippen LogP) is 2.63. The topological polar surface area (TPSA) is 41.1 Å². The fourth-order valence-electron chi connectivity index (χ4n) is 1.81. The first-order chi connectivity index (χ1) is 9.16. The highest BCUT2D eigenvalue weighted by molar-refractivity contribution is 6.30. The molecule has 0 spiro atoms. The zero-order chi connectivity index (χ0) is 13.7. The van der Waals surface area contributed by atoms with Gasteiger partial charge in [-0.15, -0.1) is 0 Å². The van der Waals surface area contributed by atoms with E-state index in [1.165, 1.54) is 6.07 Å². The number of nitrogens with one attached hydrogen (secondary N) is 2. The van der Waals surface area contributed by atoms with Crippen LogP contribution in [0.5, 0.6) is 0 Å². The SMILES string of the molecule is O=C(CCCNCc1cccc(Cl)c1F)NC1CC1. The van der Waals surface area contributed by atoms with Crippen LogP contribution < -0.4 is 10.6 Å². The standard InChI is InChI=1S/C14H18ClFN2O/c15-12-4-1-3-10(14(12)16)9-17-8-2-5-13(19)18-11-6-7-11/h1,3-4,11,17H,2,5-9H2,(H,18,19). The molecule has 0 heterocycles. The maximum atomic E-state index is 13.6. The quantitative estimate of drug-likeness (QED) is 0.756. The lowest BCUT2D eigenvalue weighted by molar-refractivity contribution is -0.121. The molecule has 1 aliphatic rings. The molecule has 104 valence electrons. The Morgan fingerprint density at radius 2 is 2.21 bits per heavy atom. The summed E-state index contributed by atoms with van der Waals surface area (Å²) in [5, 5.41) is 6.19. The summed E-state index contributed by atoms with van der Waals surface area (Å²) in [5.41, 5.74) is 0.551. The average Bonchev–Trinajstić information content (AvgIpc) is 3.18. The van der Waals surface area contributed by atoms with Gasteiger partial charge < -0.3 is 10.6 Å². The van der Waals surface area contributed by atoms with Crippen LogP contribution in [0.1, 0.15) is 31.2 Å². The minimum Gasteiger partial charge on any atom is -0.353 e. The van der Waals surface area contributed by atoms with Crippen LogP contribution in [0.3, 0.4) is 0 Å². The highest BCUT2D eigenvalue weighted by Crippen LogP contribution is 2.19. The smallest absolute Gasteiger partial charge is 0.220 e. The van der Waals surface area contributed by atoms with Crippen LogP contribution in [0, 0.1) is 5.82 Å². The average molecular weight is 285 g/mol. The van der Waals surface area contributed by atoms with Crippen LogP contribution in [-0.4, -0.2) is 18.5 Å². The summed E-state index contributed by atoms with van der Waals surface area (Å²) in [6.07, 6.45) is 3.48. The monoisotopic (exact) mass is 284 g/mol. The van der Waals surface area contributed by atoms with Crippen LogP contribution in [0.25, 0.3) is 0 Å². The van der Waals surface area contributed by atoms with E-state index in [4.69, 9.17) is 11.6 Å². The molecule has 1 amide bonds. The largest absolute Gasteiger partial charge is 0.353 e. The van der Waals surface area contributed by atoms with Crippen LogP contribution in [-0.2, 0) is 11.3 Å². The van der Waals surface area contributed by atoms with Gasteiger partial charge in [-0.3, -0.25) is 4.79 Å². The lowest BCUT2D eigenvalue weighted by Crippen LogP contribution is -2.26. The van der Waals surface area contributed by atoms with E-state index in [0.29, 0.717) is 31.1 Å². The molecule has 0 aromatic heterocycles. The molecule has 0 aliphatic heterocycles. The number of benzene rings is 1. The first-order valence-electron chi connectivity index (χ1n) is 6.60. The van der Waals surface area contributed by atoms with Crippen molar-refractivity contribution in [3.8, 4) is 0 Å². The fraction of sp³-hybridized carbons (Fsp3) is 0.500. The Kier molecular flexibility index (Phi) is 5.16. The van der Waals surface area contributed by atoms with E-state index in [2.05, 4.69) is 10.6 Å². The van der Waals surface area contributed by atoms with Crippen molar-refractivity contribution >= 4 is 17.5 Å². The van der Waals surface area contributed by atoms with E-state index in [1.807, 2.05) is 0 Å². The Morgan fingerprint density at radius 3 is 2.95 bits per heavy atom. The molecule has 0 bridgehead atoms. The van der Waals surface area contributed by atoms with Crippen molar-refractivity contribution in [3.63, 3.8) is 0 Å². The van der Waals surface area contributed by atoms with Crippen molar-refractivity contribution in [2.45, 2.75) is 38.3 Å². The van der Waals surface area contributed by atoms with Crippen molar-refractivity contribution in [2.75, 3.05) is 6.54 Å². The number of carbonyl (C=O) groups is 1. The van der Waals surface area contributed by atoms with Crippen LogP contribution in [0.15, 0.2) is 18.2 Å². The molecule has 2 N–H and O–H groups in total. The summed E-state index contributed by atoms with van der Waals surface area (Å²) in [4.78, 5) is 11.4. The summed E-state index contributed by atoms with van der Waals surface area (Å²) < 4.78 is 13.6. The van der Waals surface area contributed by atoms with Crippen molar-refractivity contribution < 1.29 is 9.18 Å². The number of hydrogen-bond acceptors (Lipinski definition) is 2. The van der Waals surface area contributed by atoms with Crippen LogP contribution >= 0.6 is 11.6 Å². The van der Waals surface area contributed by atoms with Gasteiger partial charge in [-0.05, 0) is 31.9 Å². The highest BCUT2D eigenvalue weighted by atomic mass is 35.5. The van der Waals surface area contributed by atoms with E-state index in [1.54, 1.807) is 12.1 Å². The summed E-state index contributed by atoms with van der Waals surface area (Å²) in [7, 11) is 0.